The molecule has 0 radical (unpaired) electrons. The second-order valence-electron chi connectivity index (χ2n) is 5.19. The number of carbonyl (C=O) groups is 2. The SMILES string of the molecule is CC(=O)CN(C)CCN(C)CCNC(=O)C(C)C. The molecule has 0 heterocycles. The van der Waals surface area contributed by atoms with Crippen LogP contribution in [0, 0.1) is 5.92 Å². The molecule has 5 heteroatoms. The number of ketones is 1. The maximum absolute atomic E-state index is 11.3. The second kappa shape index (κ2) is 9.05. The lowest BCUT2D eigenvalue weighted by molar-refractivity contribution is -0.124. The van der Waals surface area contributed by atoms with Gasteiger partial charge in [0.2, 0.25) is 5.91 Å². The van der Waals surface area contributed by atoms with E-state index in [1.807, 2.05) is 32.8 Å². The maximum Gasteiger partial charge on any atom is 0.222 e. The van der Waals surface area contributed by atoms with Crippen molar-refractivity contribution in [1.82, 2.24) is 15.1 Å². The summed E-state index contributed by atoms with van der Waals surface area (Å²) in [6, 6.07) is 0. The molecule has 0 saturated carbocycles. The van der Waals surface area contributed by atoms with E-state index in [0.29, 0.717) is 13.1 Å². The van der Waals surface area contributed by atoms with Crippen molar-refractivity contribution >= 4 is 11.7 Å². The van der Waals surface area contributed by atoms with Crippen LogP contribution in [0.3, 0.4) is 0 Å². The Morgan fingerprint density at radius 2 is 1.61 bits per heavy atom. The smallest absolute Gasteiger partial charge is 0.222 e. The van der Waals surface area contributed by atoms with Gasteiger partial charge in [-0.25, -0.2) is 0 Å². The first-order valence-electron chi connectivity index (χ1n) is 6.47. The summed E-state index contributed by atoms with van der Waals surface area (Å²) in [7, 11) is 3.96. The fourth-order valence-corrected chi connectivity index (χ4v) is 1.49. The van der Waals surface area contributed by atoms with Gasteiger partial charge in [-0.15, -0.1) is 0 Å². The predicted octanol–water partition coefficient (Wildman–Crippen LogP) is 0.211. The Labute approximate surface area is 111 Å². The molecule has 0 aromatic carbocycles. The molecular formula is C13H27N3O2. The molecule has 0 bridgehead atoms. The van der Waals surface area contributed by atoms with E-state index >= 15 is 0 Å². The minimum absolute atomic E-state index is 0.0389. The van der Waals surface area contributed by atoms with Crippen molar-refractivity contribution in [2.24, 2.45) is 5.92 Å². The third-order valence-corrected chi connectivity index (χ3v) is 2.67. The zero-order valence-corrected chi connectivity index (χ0v) is 12.3. The molecule has 0 aromatic heterocycles. The van der Waals surface area contributed by atoms with E-state index in [9.17, 15) is 9.59 Å². The molecule has 1 N–H and O–H groups in total. The molecule has 0 rings (SSSR count). The summed E-state index contributed by atoms with van der Waals surface area (Å²) in [5, 5.41) is 2.88. The van der Waals surface area contributed by atoms with Crippen molar-refractivity contribution in [3.05, 3.63) is 0 Å². The van der Waals surface area contributed by atoms with Gasteiger partial charge >= 0.3 is 0 Å². The summed E-state index contributed by atoms with van der Waals surface area (Å²) >= 11 is 0. The van der Waals surface area contributed by atoms with E-state index in [0.717, 1.165) is 19.6 Å². The Morgan fingerprint density at radius 3 is 2.11 bits per heavy atom. The molecule has 0 aromatic rings. The molecule has 0 fully saturated rings. The normalized spacial score (nSPS) is 11.3. The van der Waals surface area contributed by atoms with Crippen LogP contribution in [0.15, 0.2) is 0 Å². The zero-order chi connectivity index (χ0) is 14.1. The van der Waals surface area contributed by atoms with Crippen molar-refractivity contribution in [1.29, 1.82) is 0 Å². The molecule has 0 unspecified atom stereocenters. The Bertz CT molecular complexity index is 267. The maximum atomic E-state index is 11.3. The first-order chi connectivity index (χ1) is 8.32. The Hall–Kier alpha value is -0.940. The monoisotopic (exact) mass is 257 g/mol. The topological polar surface area (TPSA) is 52.7 Å². The summed E-state index contributed by atoms with van der Waals surface area (Å²) in [5.41, 5.74) is 0. The Kier molecular flexibility index (Phi) is 8.58. The lowest BCUT2D eigenvalue weighted by Gasteiger charge is -2.21. The quantitative estimate of drug-likeness (QED) is 0.641. The highest BCUT2D eigenvalue weighted by molar-refractivity contribution is 5.78. The fraction of sp³-hybridized carbons (Fsp3) is 0.846. The highest BCUT2D eigenvalue weighted by Crippen LogP contribution is 1.91. The van der Waals surface area contributed by atoms with Crippen LogP contribution in [0.2, 0.25) is 0 Å². The number of likely N-dealkylation sites (N-methyl/N-ethyl adjacent to an activating group) is 2. The molecule has 18 heavy (non-hydrogen) atoms. The van der Waals surface area contributed by atoms with E-state index in [1.54, 1.807) is 6.92 Å². The number of hydrogen-bond donors (Lipinski definition) is 1. The van der Waals surface area contributed by atoms with Crippen LogP contribution < -0.4 is 5.32 Å². The van der Waals surface area contributed by atoms with Crippen molar-refractivity contribution in [3.8, 4) is 0 Å². The van der Waals surface area contributed by atoms with Gasteiger partial charge in [0.05, 0.1) is 6.54 Å². The van der Waals surface area contributed by atoms with Crippen LogP contribution in [-0.4, -0.2) is 68.3 Å². The minimum Gasteiger partial charge on any atom is -0.355 e. The van der Waals surface area contributed by atoms with Crippen LogP contribution in [0.5, 0.6) is 0 Å². The molecule has 106 valence electrons. The van der Waals surface area contributed by atoms with Crippen molar-refractivity contribution in [3.63, 3.8) is 0 Å². The highest BCUT2D eigenvalue weighted by Gasteiger charge is 2.07. The Morgan fingerprint density at radius 1 is 1.06 bits per heavy atom. The number of amides is 1. The Balaban J connectivity index is 3.62. The van der Waals surface area contributed by atoms with Crippen LogP contribution in [0.4, 0.5) is 0 Å². The molecule has 5 nitrogen and oxygen atoms in total. The van der Waals surface area contributed by atoms with Crippen molar-refractivity contribution in [2.45, 2.75) is 20.8 Å². The van der Waals surface area contributed by atoms with Crippen LogP contribution in [0.1, 0.15) is 20.8 Å². The molecule has 0 saturated heterocycles. The molecule has 0 aliphatic heterocycles. The van der Waals surface area contributed by atoms with Crippen molar-refractivity contribution in [2.75, 3.05) is 46.8 Å². The predicted molar refractivity (Wildman–Crippen MR) is 73.5 cm³/mol. The van der Waals surface area contributed by atoms with Gasteiger partial charge in [0, 0.05) is 32.1 Å². The van der Waals surface area contributed by atoms with Gasteiger partial charge in [0.25, 0.3) is 0 Å². The first kappa shape index (κ1) is 17.1. The van der Waals surface area contributed by atoms with Crippen LogP contribution >= 0.6 is 0 Å². The summed E-state index contributed by atoms with van der Waals surface area (Å²) in [6.45, 7) is 9.11. The number of nitrogens with zero attached hydrogens (tertiary/aromatic N) is 2. The van der Waals surface area contributed by atoms with E-state index < -0.39 is 0 Å². The first-order valence-corrected chi connectivity index (χ1v) is 6.47. The molecule has 1 amide bonds. The lowest BCUT2D eigenvalue weighted by atomic mass is 10.2. The number of Topliss-reactive ketones (excluding diaryl/α,β-unsaturated/α-hetero) is 1. The third kappa shape index (κ3) is 9.13. The van der Waals surface area contributed by atoms with Gasteiger partial charge in [-0.3, -0.25) is 14.5 Å². The molecule has 0 aliphatic carbocycles. The van der Waals surface area contributed by atoms with Gasteiger partial charge < -0.3 is 10.2 Å². The van der Waals surface area contributed by atoms with E-state index in [-0.39, 0.29) is 17.6 Å². The lowest BCUT2D eigenvalue weighted by Crippen LogP contribution is -2.38. The number of nitrogens with one attached hydrogen (secondary N) is 1. The van der Waals surface area contributed by atoms with Gasteiger partial charge in [0.15, 0.2) is 0 Å². The van der Waals surface area contributed by atoms with Crippen molar-refractivity contribution < 1.29 is 9.59 Å². The summed E-state index contributed by atoms with van der Waals surface area (Å²) in [4.78, 5) is 26.4. The fourth-order valence-electron chi connectivity index (χ4n) is 1.49. The minimum atomic E-state index is 0.0389. The molecular weight excluding hydrogens is 230 g/mol. The number of carbonyl (C=O) groups excluding carboxylic acids is 2. The van der Waals surface area contributed by atoms with Crippen LogP contribution in [-0.2, 0) is 9.59 Å². The van der Waals surface area contributed by atoms with Gasteiger partial charge in [-0.1, -0.05) is 13.8 Å². The number of rotatable bonds is 9. The van der Waals surface area contributed by atoms with Gasteiger partial charge in [0.1, 0.15) is 5.78 Å². The summed E-state index contributed by atoms with van der Waals surface area (Å²) in [5.74, 6) is 0.318. The summed E-state index contributed by atoms with van der Waals surface area (Å²) in [6.07, 6.45) is 0. The second-order valence-corrected chi connectivity index (χ2v) is 5.19. The molecule has 0 atom stereocenters. The van der Waals surface area contributed by atoms with Gasteiger partial charge in [-0.05, 0) is 21.0 Å². The molecule has 0 aliphatic rings. The van der Waals surface area contributed by atoms with E-state index in [2.05, 4.69) is 10.2 Å². The number of hydrogen-bond acceptors (Lipinski definition) is 4. The third-order valence-electron chi connectivity index (χ3n) is 2.67. The van der Waals surface area contributed by atoms with E-state index in [1.165, 1.54) is 0 Å². The highest BCUT2D eigenvalue weighted by atomic mass is 16.1. The zero-order valence-electron chi connectivity index (χ0n) is 12.3. The molecule has 0 spiro atoms. The van der Waals surface area contributed by atoms with Crippen LogP contribution in [0.25, 0.3) is 0 Å². The van der Waals surface area contributed by atoms with Gasteiger partial charge in [-0.2, -0.15) is 0 Å². The van der Waals surface area contributed by atoms with E-state index in [4.69, 9.17) is 0 Å². The average Bonchev–Trinajstić information content (AvgIpc) is 2.25. The average molecular weight is 257 g/mol. The standard InChI is InChI=1S/C13H27N3O2/c1-11(2)13(18)14-6-7-15(4)8-9-16(5)10-12(3)17/h11H,6-10H2,1-5H3,(H,14,18). The summed E-state index contributed by atoms with van der Waals surface area (Å²) < 4.78 is 0. The largest absolute Gasteiger partial charge is 0.355 e.